The van der Waals surface area contributed by atoms with Gasteiger partial charge >= 0.3 is 0 Å². The number of hydrogen-bond donors (Lipinski definition) is 2. The molecule has 0 saturated carbocycles. The Balaban J connectivity index is 2.81. The normalized spacial score (nSPS) is 9.53. The van der Waals surface area contributed by atoms with Crippen molar-refractivity contribution < 1.29 is 13.6 Å². The number of hydrazine groups is 1. The molecule has 6 heteroatoms. The van der Waals surface area contributed by atoms with Crippen molar-refractivity contribution in [3.8, 4) is 0 Å². The first kappa shape index (κ1) is 11.5. The molecule has 0 aliphatic rings. The summed E-state index contributed by atoms with van der Waals surface area (Å²) in [6.07, 6.45) is 0. The Morgan fingerprint density at radius 1 is 1.33 bits per heavy atom. The van der Waals surface area contributed by atoms with E-state index in [2.05, 4.69) is 10.9 Å². The van der Waals surface area contributed by atoms with Crippen molar-refractivity contribution in [1.29, 1.82) is 0 Å². The maximum Gasteiger partial charge on any atom is 0.235 e. The van der Waals surface area contributed by atoms with Gasteiger partial charge in [0.25, 0.3) is 0 Å². The summed E-state index contributed by atoms with van der Waals surface area (Å²) in [6.45, 7) is 1.26. The van der Waals surface area contributed by atoms with Gasteiger partial charge in [0.2, 0.25) is 5.91 Å². The first-order valence-electron chi connectivity index (χ1n) is 4.02. The minimum Gasteiger partial charge on any atom is -0.288 e. The van der Waals surface area contributed by atoms with Crippen LogP contribution in [-0.2, 0) is 4.79 Å². The Bertz CT molecular complexity index is 409. The molecule has 1 rings (SSSR count). The Hall–Kier alpha value is -1.56. The molecule has 1 amide bonds. The number of rotatable bonds is 1. The second-order valence-electron chi connectivity index (χ2n) is 2.76. The molecule has 0 saturated heterocycles. The standard InChI is InChI=1S/C9H8F2N2OS/c1-5(14)12-13-9(15)7-4-6(10)2-3-8(7)11/h2-4H,1H3,(H,12,14)(H,13,15). The highest BCUT2D eigenvalue weighted by Crippen LogP contribution is 2.09. The molecule has 0 fully saturated rings. The topological polar surface area (TPSA) is 41.1 Å². The lowest BCUT2D eigenvalue weighted by atomic mass is 10.2. The van der Waals surface area contributed by atoms with E-state index in [0.29, 0.717) is 0 Å². The molecule has 15 heavy (non-hydrogen) atoms. The lowest BCUT2D eigenvalue weighted by Gasteiger charge is -2.08. The Kier molecular flexibility index (Phi) is 3.68. The highest BCUT2D eigenvalue weighted by molar-refractivity contribution is 7.80. The van der Waals surface area contributed by atoms with Gasteiger partial charge in [0.15, 0.2) is 0 Å². The molecule has 0 aliphatic heterocycles. The summed E-state index contributed by atoms with van der Waals surface area (Å²) in [5, 5.41) is 0. The lowest BCUT2D eigenvalue weighted by molar-refractivity contribution is -0.119. The fourth-order valence-corrected chi connectivity index (χ4v) is 1.09. The SMILES string of the molecule is CC(=O)NNC(=S)c1cc(F)ccc1F. The Labute approximate surface area is 90.4 Å². The van der Waals surface area contributed by atoms with Crippen molar-refractivity contribution >= 4 is 23.1 Å². The number of carbonyl (C=O) groups is 1. The van der Waals surface area contributed by atoms with E-state index in [9.17, 15) is 13.6 Å². The second kappa shape index (κ2) is 4.79. The molecule has 80 valence electrons. The lowest BCUT2D eigenvalue weighted by Crippen LogP contribution is -2.40. The molecule has 0 heterocycles. The number of nitrogens with one attached hydrogen (secondary N) is 2. The molecule has 0 atom stereocenters. The summed E-state index contributed by atoms with van der Waals surface area (Å²) in [5.41, 5.74) is 4.36. The van der Waals surface area contributed by atoms with E-state index in [1.165, 1.54) is 6.92 Å². The molecule has 0 aromatic heterocycles. The molecule has 0 unspecified atom stereocenters. The predicted octanol–water partition coefficient (Wildman–Crippen LogP) is 1.28. The van der Waals surface area contributed by atoms with Gasteiger partial charge in [-0.2, -0.15) is 0 Å². The molecule has 0 spiro atoms. The monoisotopic (exact) mass is 230 g/mol. The molecule has 2 N–H and O–H groups in total. The minimum atomic E-state index is -0.653. The van der Waals surface area contributed by atoms with Crippen LogP contribution in [0.3, 0.4) is 0 Å². The van der Waals surface area contributed by atoms with Gasteiger partial charge in [0.1, 0.15) is 16.6 Å². The van der Waals surface area contributed by atoms with Crippen LogP contribution in [0, 0.1) is 11.6 Å². The average Bonchev–Trinajstić information content (AvgIpc) is 2.18. The van der Waals surface area contributed by atoms with Crippen LogP contribution in [-0.4, -0.2) is 10.9 Å². The molecule has 1 aromatic rings. The van der Waals surface area contributed by atoms with Crippen molar-refractivity contribution in [3.05, 3.63) is 35.4 Å². The van der Waals surface area contributed by atoms with Gasteiger partial charge in [-0.25, -0.2) is 8.78 Å². The molecule has 0 radical (unpaired) electrons. The fraction of sp³-hybridized carbons (Fsp3) is 0.111. The quantitative estimate of drug-likeness (QED) is 0.564. The molecule has 0 bridgehead atoms. The van der Waals surface area contributed by atoms with Crippen molar-refractivity contribution in [1.82, 2.24) is 10.9 Å². The van der Waals surface area contributed by atoms with Crippen LogP contribution in [0.15, 0.2) is 18.2 Å². The van der Waals surface area contributed by atoms with E-state index in [4.69, 9.17) is 12.2 Å². The van der Waals surface area contributed by atoms with Gasteiger partial charge in [0, 0.05) is 12.5 Å². The van der Waals surface area contributed by atoms with E-state index >= 15 is 0 Å². The summed E-state index contributed by atoms with van der Waals surface area (Å²) in [6, 6.07) is 2.90. The van der Waals surface area contributed by atoms with Crippen LogP contribution in [0.2, 0.25) is 0 Å². The molecular weight excluding hydrogens is 222 g/mol. The van der Waals surface area contributed by atoms with E-state index in [1.54, 1.807) is 0 Å². The van der Waals surface area contributed by atoms with Gasteiger partial charge < -0.3 is 0 Å². The van der Waals surface area contributed by atoms with Gasteiger partial charge in [-0.1, -0.05) is 12.2 Å². The first-order chi connectivity index (χ1) is 7.00. The third-order valence-electron chi connectivity index (χ3n) is 1.53. The van der Waals surface area contributed by atoms with Gasteiger partial charge in [-0.3, -0.25) is 15.6 Å². The number of carbonyl (C=O) groups excluding carboxylic acids is 1. The highest BCUT2D eigenvalue weighted by Gasteiger charge is 2.08. The highest BCUT2D eigenvalue weighted by atomic mass is 32.1. The number of halogens is 2. The van der Waals surface area contributed by atoms with Crippen LogP contribution >= 0.6 is 12.2 Å². The van der Waals surface area contributed by atoms with E-state index in [0.717, 1.165) is 18.2 Å². The van der Waals surface area contributed by atoms with Gasteiger partial charge in [-0.15, -0.1) is 0 Å². The largest absolute Gasteiger partial charge is 0.288 e. The van der Waals surface area contributed by atoms with E-state index in [-0.39, 0.29) is 16.5 Å². The van der Waals surface area contributed by atoms with Gasteiger partial charge in [0.05, 0.1) is 0 Å². The Morgan fingerprint density at radius 3 is 2.60 bits per heavy atom. The number of hydrogen-bond acceptors (Lipinski definition) is 2. The third kappa shape index (κ3) is 3.25. The summed E-state index contributed by atoms with van der Waals surface area (Å²) >= 11 is 4.75. The van der Waals surface area contributed by atoms with Crippen molar-refractivity contribution in [3.63, 3.8) is 0 Å². The summed E-state index contributed by atoms with van der Waals surface area (Å²) in [7, 11) is 0. The molecule has 1 aromatic carbocycles. The maximum atomic E-state index is 13.1. The van der Waals surface area contributed by atoms with Crippen LogP contribution < -0.4 is 10.9 Å². The van der Waals surface area contributed by atoms with Crippen molar-refractivity contribution in [2.24, 2.45) is 0 Å². The minimum absolute atomic E-state index is 0.0813. The van der Waals surface area contributed by atoms with Crippen molar-refractivity contribution in [2.45, 2.75) is 6.92 Å². The van der Waals surface area contributed by atoms with E-state index < -0.39 is 11.6 Å². The molecular formula is C9H8F2N2OS. The van der Waals surface area contributed by atoms with Gasteiger partial charge in [-0.05, 0) is 18.2 Å². The molecule has 0 aliphatic carbocycles. The third-order valence-corrected chi connectivity index (χ3v) is 1.85. The predicted molar refractivity (Wildman–Crippen MR) is 55.0 cm³/mol. The van der Waals surface area contributed by atoms with Crippen molar-refractivity contribution in [2.75, 3.05) is 0 Å². The second-order valence-corrected chi connectivity index (χ2v) is 3.17. The fourth-order valence-electron chi connectivity index (χ4n) is 0.884. The zero-order valence-corrected chi connectivity index (χ0v) is 8.62. The van der Waals surface area contributed by atoms with Crippen LogP contribution in [0.1, 0.15) is 12.5 Å². The maximum absolute atomic E-state index is 13.1. The number of thiocarbonyl (C=S) groups is 1. The average molecular weight is 230 g/mol. The van der Waals surface area contributed by atoms with Crippen LogP contribution in [0.4, 0.5) is 8.78 Å². The Morgan fingerprint density at radius 2 is 2.00 bits per heavy atom. The summed E-state index contributed by atoms with van der Waals surface area (Å²) in [5.74, 6) is -1.63. The van der Waals surface area contributed by atoms with Crippen LogP contribution in [0.5, 0.6) is 0 Å². The summed E-state index contributed by atoms with van der Waals surface area (Å²) in [4.78, 5) is 10.4. The van der Waals surface area contributed by atoms with E-state index in [1.807, 2.05) is 0 Å². The first-order valence-corrected chi connectivity index (χ1v) is 4.43. The zero-order valence-electron chi connectivity index (χ0n) is 7.80. The smallest absolute Gasteiger partial charge is 0.235 e. The summed E-state index contributed by atoms with van der Waals surface area (Å²) < 4.78 is 25.9. The van der Waals surface area contributed by atoms with Crippen LogP contribution in [0.25, 0.3) is 0 Å². The molecule has 3 nitrogen and oxygen atoms in total. The number of benzene rings is 1. The number of amides is 1. The zero-order chi connectivity index (χ0) is 11.4.